The summed E-state index contributed by atoms with van der Waals surface area (Å²) in [4.78, 5) is 12.1. The second kappa shape index (κ2) is 7.11. The molecule has 0 aromatic heterocycles. The van der Waals surface area contributed by atoms with E-state index in [1.54, 1.807) is 30.3 Å². The first-order valence-corrected chi connectivity index (χ1v) is 8.32. The van der Waals surface area contributed by atoms with Crippen LogP contribution in [0.5, 0.6) is 11.5 Å². The highest BCUT2D eigenvalue weighted by atomic mass is 16.7. The fourth-order valence-corrected chi connectivity index (χ4v) is 2.85. The minimum absolute atomic E-state index is 0.445. The quantitative estimate of drug-likeness (QED) is 0.335. The molecule has 4 rings (SSSR count). The zero-order valence-electron chi connectivity index (χ0n) is 14.0. The summed E-state index contributed by atoms with van der Waals surface area (Å²) in [7, 11) is 0. The van der Waals surface area contributed by atoms with Gasteiger partial charge in [-0.15, -0.1) is 0 Å². The fraction of sp³-hybridized carbons (Fsp3) is 0. The van der Waals surface area contributed by atoms with E-state index in [1.165, 1.54) is 0 Å². The molecule has 0 amide bonds. The number of carbonyl (C=O) groups excluding carboxylic acids is 1. The molecule has 3 heteroatoms. The van der Waals surface area contributed by atoms with E-state index < -0.39 is 6.16 Å². The van der Waals surface area contributed by atoms with Crippen molar-refractivity contribution in [2.75, 3.05) is 0 Å². The zero-order chi connectivity index (χ0) is 17.8. The van der Waals surface area contributed by atoms with Crippen LogP contribution in [0.3, 0.4) is 0 Å². The van der Waals surface area contributed by atoms with E-state index in [0.29, 0.717) is 11.5 Å². The highest BCUT2D eigenvalue weighted by Crippen LogP contribution is 2.32. The maximum atomic E-state index is 12.1. The van der Waals surface area contributed by atoms with Crippen molar-refractivity contribution in [2.45, 2.75) is 0 Å². The van der Waals surface area contributed by atoms with Gasteiger partial charge in [0, 0.05) is 5.56 Å². The molecule has 0 spiro atoms. The topological polar surface area (TPSA) is 35.5 Å². The van der Waals surface area contributed by atoms with Crippen molar-refractivity contribution in [3.8, 4) is 22.6 Å². The molecule has 0 aliphatic rings. The molecule has 4 aromatic rings. The van der Waals surface area contributed by atoms with Crippen molar-refractivity contribution >= 4 is 16.9 Å². The SMILES string of the molecule is O=C(Oc1ccccc1)Oc1ccccc1-c1ccc2ccccc2c1. The van der Waals surface area contributed by atoms with Crippen molar-refractivity contribution in [3.05, 3.63) is 97.1 Å². The van der Waals surface area contributed by atoms with E-state index in [-0.39, 0.29) is 0 Å². The number of fused-ring (bicyclic) bond motifs is 1. The fourth-order valence-electron chi connectivity index (χ4n) is 2.85. The number of hydrogen-bond acceptors (Lipinski definition) is 3. The van der Waals surface area contributed by atoms with E-state index in [0.717, 1.165) is 21.9 Å². The standard InChI is InChI=1S/C23H16O3/c24-23(25-20-10-2-1-3-11-20)26-22-13-7-6-12-21(22)19-15-14-17-8-4-5-9-18(17)16-19/h1-16H. The Morgan fingerprint density at radius 3 is 2.15 bits per heavy atom. The van der Waals surface area contributed by atoms with Gasteiger partial charge < -0.3 is 9.47 Å². The van der Waals surface area contributed by atoms with Gasteiger partial charge in [-0.2, -0.15) is 0 Å². The number of ether oxygens (including phenoxy) is 2. The van der Waals surface area contributed by atoms with Gasteiger partial charge >= 0.3 is 6.16 Å². The maximum absolute atomic E-state index is 12.1. The molecule has 0 aliphatic carbocycles. The predicted molar refractivity (Wildman–Crippen MR) is 102 cm³/mol. The molecule has 0 fully saturated rings. The van der Waals surface area contributed by atoms with Crippen LogP contribution < -0.4 is 9.47 Å². The average molecular weight is 340 g/mol. The molecule has 0 radical (unpaired) electrons. The second-order valence-corrected chi connectivity index (χ2v) is 5.83. The molecule has 0 N–H and O–H groups in total. The molecule has 126 valence electrons. The number of benzene rings is 4. The lowest BCUT2D eigenvalue weighted by Crippen LogP contribution is -2.14. The van der Waals surface area contributed by atoms with Gasteiger partial charge in [-0.05, 0) is 40.6 Å². The first kappa shape index (κ1) is 15.9. The number of carbonyl (C=O) groups is 1. The summed E-state index contributed by atoms with van der Waals surface area (Å²) in [6, 6.07) is 30.6. The molecule has 26 heavy (non-hydrogen) atoms. The summed E-state index contributed by atoms with van der Waals surface area (Å²) in [5, 5.41) is 2.30. The van der Waals surface area contributed by atoms with Gasteiger partial charge in [-0.1, -0.05) is 72.8 Å². The smallest absolute Gasteiger partial charge is 0.395 e. The van der Waals surface area contributed by atoms with Crippen LogP contribution in [0, 0.1) is 0 Å². The van der Waals surface area contributed by atoms with Crippen LogP contribution in [0.2, 0.25) is 0 Å². The minimum Gasteiger partial charge on any atom is -0.395 e. The third kappa shape index (κ3) is 3.42. The van der Waals surface area contributed by atoms with E-state index in [4.69, 9.17) is 9.47 Å². The first-order chi connectivity index (χ1) is 12.8. The van der Waals surface area contributed by atoms with Crippen molar-refractivity contribution in [1.29, 1.82) is 0 Å². The van der Waals surface area contributed by atoms with Gasteiger partial charge in [-0.3, -0.25) is 0 Å². The van der Waals surface area contributed by atoms with Crippen molar-refractivity contribution in [2.24, 2.45) is 0 Å². The first-order valence-electron chi connectivity index (χ1n) is 8.32. The second-order valence-electron chi connectivity index (χ2n) is 5.83. The Morgan fingerprint density at radius 2 is 1.31 bits per heavy atom. The third-order valence-corrected chi connectivity index (χ3v) is 4.09. The van der Waals surface area contributed by atoms with Gasteiger partial charge in [0.05, 0.1) is 0 Å². The highest BCUT2D eigenvalue weighted by molar-refractivity contribution is 5.88. The van der Waals surface area contributed by atoms with Gasteiger partial charge in [-0.25, -0.2) is 4.79 Å². The monoisotopic (exact) mass is 340 g/mol. The molecule has 0 aliphatic heterocycles. The lowest BCUT2D eigenvalue weighted by molar-refractivity contribution is 0.152. The van der Waals surface area contributed by atoms with Gasteiger partial charge in [0.25, 0.3) is 0 Å². The number of rotatable bonds is 3. The zero-order valence-corrected chi connectivity index (χ0v) is 14.0. The van der Waals surface area contributed by atoms with Crippen LogP contribution in [0.4, 0.5) is 4.79 Å². The van der Waals surface area contributed by atoms with Gasteiger partial charge in [0.15, 0.2) is 0 Å². The van der Waals surface area contributed by atoms with E-state index >= 15 is 0 Å². The lowest BCUT2D eigenvalue weighted by Gasteiger charge is -2.11. The Hall–Kier alpha value is -3.59. The minimum atomic E-state index is -0.760. The summed E-state index contributed by atoms with van der Waals surface area (Å²) in [6.07, 6.45) is -0.760. The Labute approximate surface area is 151 Å². The molecule has 0 unspecified atom stereocenters. The van der Waals surface area contributed by atoms with Crippen LogP contribution >= 0.6 is 0 Å². The summed E-state index contributed by atoms with van der Waals surface area (Å²) >= 11 is 0. The van der Waals surface area contributed by atoms with Gasteiger partial charge in [0.2, 0.25) is 0 Å². The number of hydrogen-bond donors (Lipinski definition) is 0. The Bertz CT molecular complexity index is 1050. The Balaban J connectivity index is 1.62. The van der Waals surface area contributed by atoms with Crippen molar-refractivity contribution in [1.82, 2.24) is 0 Å². The van der Waals surface area contributed by atoms with Crippen LogP contribution in [0.15, 0.2) is 97.1 Å². The van der Waals surface area contributed by atoms with E-state index in [9.17, 15) is 4.79 Å². The number of para-hydroxylation sites is 2. The normalized spacial score (nSPS) is 10.5. The predicted octanol–water partition coefficient (Wildman–Crippen LogP) is 6.08. The molecule has 0 saturated carbocycles. The molecular formula is C23H16O3. The van der Waals surface area contributed by atoms with E-state index in [1.807, 2.05) is 42.5 Å². The van der Waals surface area contributed by atoms with Crippen LogP contribution in [-0.2, 0) is 0 Å². The molecular weight excluding hydrogens is 324 g/mol. The summed E-state index contributed by atoms with van der Waals surface area (Å²) in [5.74, 6) is 0.907. The lowest BCUT2D eigenvalue weighted by atomic mass is 10.0. The summed E-state index contributed by atoms with van der Waals surface area (Å²) in [6.45, 7) is 0. The van der Waals surface area contributed by atoms with Gasteiger partial charge in [0.1, 0.15) is 11.5 Å². The van der Waals surface area contributed by atoms with E-state index in [2.05, 4.69) is 24.3 Å². The molecule has 4 aromatic carbocycles. The van der Waals surface area contributed by atoms with Crippen LogP contribution in [-0.4, -0.2) is 6.16 Å². The molecule has 0 bridgehead atoms. The van der Waals surface area contributed by atoms with Crippen molar-refractivity contribution < 1.29 is 14.3 Å². The van der Waals surface area contributed by atoms with Crippen LogP contribution in [0.25, 0.3) is 21.9 Å². The average Bonchev–Trinajstić information content (AvgIpc) is 2.69. The Morgan fingerprint density at radius 1 is 0.615 bits per heavy atom. The highest BCUT2D eigenvalue weighted by Gasteiger charge is 2.12. The molecule has 0 saturated heterocycles. The van der Waals surface area contributed by atoms with Crippen molar-refractivity contribution in [3.63, 3.8) is 0 Å². The third-order valence-electron chi connectivity index (χ3n) is 4.09. The summed E-state index contributed by atoms with van der Waals surface area (Å²) < 4.78 is 10.7. The maximum Gasteiger partial charge on any atom is 0.519 e. The summed E-state index contributed by atoms with van der Waals surface area (Å²) in [5.41, 5.74) is 1.81. The Kier molecular flexibility index (Phi) is 4.35. The molecule has 0 atom stereocenters. The largest absolute Gasteiger partial charge is 0.519 e. The van der Waals surface area contributed by atoms with Crippen LogP contribution in [0.1, 0.15) is 0 Å². The molecule has 3 nitrogen and oxygen atoms in total. The molecule has 0 heterocycles.